The molecular formula is C31H29N3O5. The van der Waals surface area contributed by atoms with Crippen LogP contribution in [0.3, 0.4) is 0 Å². The number of carbonyl (C=O) groups excluding carboxylic acids is 1. The Bertz CT molecular complexity index is 1450. The van der Waals surface area contributed by atoms with E-state index in [2.05, 4.69) is 16.7 Å². The number of phenols is 2. The van der Waals surface area contributed by atoms with E-state index in [1.54, 1.807) is 49.6 Å². The number of nitriles is 1. The molecule has 0 radical (unpaired) electrons. The number of hydrogen-bond acceptors (Lipinski definition) is 7. The van der Waals surface area contributed by atoms with Crippen LogP contribution in [0.1, 0.15) is 28.3 Å². The second-order valence-corrected chi connectivity index (χ2v) is 8.82. The average molecular weight is 524 g/mol. The highest BCUT2D eigenvalue weighted by atomic mass is 16.5. The lowest BCUT2D eigenvalue weighted by atomic mass is 10.0. The van der Waals surface area contributed by atoms with Crippen LogP contribution in [0.25, 0.3) is 0 Å². The van der Waals surface area contributed by atoms with Crippen molar-refractivity contribution < 1.29 is 24.5 Å². The molecule has 0 bridgehead atoms. The lowest BCUT2D eigenvalue weighted by molar-refractivity contribution is -0.121. The fourth-order valence-electron chi connectivity index (χ4n) is 3.98. The average Bonchev–Trinajstić information content (AvgIpc) is 2.97. The van der Waals surface area contributed by atoms with E-state index in [1.807, 2.05) is 36.4 Å². The Labute approximate surface area is 227 Å². The van der Waals surface area contributed by atoms with Crippen LogP contribution in [-0.2, 0) is 17.8 Å². The number of nitrogens with one attached hydrogen (secondary N) is 2. The second-order valence-electron chi connectivity index (χ2n) is 8.82. The fraction of sp³-hybridized carbons (Fsp3) is 0.161. The van der Waals surface area contributed by atoms with Crippen molar-refractivity contribution in [2.75, 3.05) is 19.0 Å². The first-order chi connectivity index (χ1) is 19.0. The number of anilines is 1. The quantitative estimate of drug-likeness (QED) is 0.202. The number of methoxy groups -OCH3 is 1. The summed E-state index contributed by atoms with van der Waals surface area (Å²) in [5, 5.41) is 34.5. The van der Waals surface area contributed by atoms with Gasteiger partial charge in [-0.2, -0.15) is 5.26 Å². The molecule has 39 heavy (non-hydrogen) atoms. The van der Waals surface area contributed by atoms with E-state index in [1.165, 1.54) is 12.1 Å². The molecule has 0 saturated heterocycles. The van der Waals surface area contributed by atoms with Gasteiger partial charge in [-0.15, -0.1) is 0 Å². The molecule has 4 N–H and O–H groups in total. The molecule has 4 rings (SSSR count). The van der Waals surface area contributed by atoms with Crippen molar-refractivity contribution in [2.24, 2.45) is 0 Å². The molecule has 0 heterocycles. The molecule has 1 amide bonds. The molecule has 0 aliphatic heterocycles. The summed E-state index contributed by atoms with van der Waals surface area (Å²) in [4.78, 5) is 13.4. The highest BCUT2D eigenvalue weighted by molar-refractivity contribution is 5.86. The summed E-state index contributed by atoms with van der Waals surface area (Å²) >= 11 is 0. The molecule has 1 unspecified atom stereocenters. The number of aromatic hydroxyl groups is 2. The van der Waals surface area contributed by atoms with Crippen molar-refractivity contribution in [1.29, 1.82) is 5.26 Å². The molecule has 0 aliphatic rings. The van der Waals surface area contributed by atoms with Crippen LogP contribution in [0, 0.1) is 11.3 Å². The van der Waals surface area contributed by atoms with Crippen LogP contribution in [0.4, 0.5) is 5.69 Å². The van der Waals surface area contributed by atoms with Crippen LogP contribution in [0.15, 0.2) is 91.0 Å². The Hall–Kier alpha value is -5.16. The number of ether oxygens (including phenoxy) is 2. The van der Waals surface area contributed by atoms with Crippen molar-refractivity contribution >= 4 is 11.6 Å². The third-order valence-electron chi connectivity index (χ3n) is 6.10. The van der Waals surface area contributed by atoms with E-state index in [-0.39, 0.29) is 17.4 Å². The van der Waals surface area contributed by atoms with E-state index >= 15 is 0 Å². The maximum atomic E-state index is 13.4. The molecule has 1 atom stereocenters. The van der Waals surface area contributed by atoms with Gasteiger partial charge in [0.15, 0.2) is 23.0 Å². The Kier molecular flexibility index (Phi) is 8.88. The topological polar surface area (TPSA) is 124 Å². The summed E-state index contributed by atoms with van der Waals surface area (Å²) in [5.41, 5.74) is 3.62. The molecule has 4 aromatic carbocycles. The summed E-state index contributed by atoms with van der Waals surface area (Å²) in [6, 6.07) is 27.8. The van der Waals surface area contributed by atoms with Crippen LogP contribution in [0.5, 0.6) is 23.0 Å². The van der Waals surface area contributed by atoms with E-state index in [9.17, 15) is 15.0 Å². The Morgan fingerprint density at radius 2 is 1.67 bits per heavy atom. The zero-order chi connectivity index (χ0) is 27.6. The normalized spacial score (nSPS) is 11.2. The SMILES string of the molecule is COc1cc(C(Nc2ccc(C#N)cc2)C(=O)NCCc2ccc(O)c(O)c2)ccc1OCc1ccccc1. The number of phenolic OH excluding ortho intramolecular Hbond substituents is 2. The van der Waals surface area contributed by atoms with E-state index in [0.29, 0.717) is 47.9 Å². The summed E-state index contributed by atoms with van der Waals surface area (Å²) in [7, 11) is 1.55. The Morgan fingerprint density at radius 3 is 2.36 bits per heavy atom. The first-order valence-corrected chi connectivity index (χ1v) is 12.4. The molecule has 198 valence electrons. The zero-order valence-corrected chi connectivity index (χ0v) is 21.4. The summed E-state index contributed by atoms with van der Waals surface area (Å²) in [6.07, 6.45) is 0.457. The van der Waals surface area contributed by atoms with Crippen LogP contribution < -0.4 is 20.1 Å². The second kappa shape index (κ2) is 12.9. The lowest BCUT2D eigenvalue weighted by Crippen LogP contribution is -2.34. The predicted octanol–water partition coefficient (Wildman–Crippen LogP) is 5.07. The van der Waals surface area contributed by atoms with Gasteiger partial charge < -0.3 is 30.3 Å². The van der Waals surface area contributed by atoms with E-state index in [4.69, 9.17) is 14.7 Å². The molecule has 0 spiro atoms. The van der Waals surface area contributed by atoms with Crippen molar-refractivity contribution in [3.05, 3.63) is 113 Å². The van der Waals surface area contributed by atoms with Gasteiger partial charge in [0.25, 0.3) is 0 Å². The standard InChI is InChI=1S/C31H29N3O5/c1-38-29-18-24(10-14-28(29)39-20-23-5-3-2-4-6-23)30(34-25-11-7-22(19-32)8-12-25)31(37)33-16-15-21-9-13-26(35)27(36)17-21/h2-14,17-18,30,34-36H,15-16,20H2,1H3,(H,33,37). The maximum absolute atomic E-state index is 13.4. The van der Waals surface area contributed by atoms with Gasteiger partial charge in [0.05, 0.1) is 18.7 Å². The predicted molar refractivity (Wildman–Crippen MR) is 148 cm³/mol. The summed E-state index contributed by atoms with van der Waals surface area (Å²) in [6.45, 7) is 0.681. The van der Waals surface area contributed by atoms with Crippen LogP contribution in [0.2, 0.25) is 0 Å². The molecule has 8 heteroatoms. The number of amides is 1. The Balaban J connectivity index is 1.52. The third-order valence-corrected chi connectivity index (χ3v) is 6.10. The largest absolute Gasteiger partial charge is 0.504 e. The smallest absolute Gasteiger partial charge is 0.247 e. The minimum Gasteiger partial charge on any atom is -0.504 e. The third kappa shape index (κ3) is 7.21. The van der Waals surface area contributed by atoms with Crippen LogP contribution in [-0.4, -0.2) is 29.8 Å². The number of benzene rings is 4. The molecule has 0 aromatic heterocycles. The summed E-state index contributed by atoms with van der Waals surface area (Å²) < 4.78 is 11.6. The molecule has 0 saturated carbocycles. The monoisotopic (exact) mass is 523 g/mol. The molecule has 0 aliphatic carbocycles. The molecule has 0 fully saturated rings. The van der Waals surface area contributed by atoms with Gasteiger partial charge in [-0.3, -0.25) is 4.79 Å². The van der Waals surface area contributed by atoms with Gasteiger partial charge in [-0.05, 0) is 71.6 Å². The van der Waals surface area contributed by atoms with Crippen molar-refractivity contribution in [2.45, 2.75) is 19.1 Å². The van der Waals surface area contributed by atoms with Gasteiger partial charge in [-0.1, -0.05) is 42.5 Å². The number of nitrogens with zero attached hydrogens (tertiary/aromatic N) is 1. The minimum atomic E-state index is -0.775. The van der Waals surface area contributed by atoms with Gasteiger partial charge in [0, 0.05) is 12.2 Å². The highest BCUT2D eigenvalue weighted by Crippen LogP contribution is 2.32. The first kappa shape index (κ1) is 26.9. The number of hydrogen-bond donors (Lipinski definition) is 4. The van der Waals surface area contributed by atoms with E-state index < -0.39 is 6.04 Å². The molecular weight excluding hydrogens is 494 g/mol. The maximum Gasteiger partial charge on any atom is 0.247 e. The van der Waals surface area contributed by atoms with Crippen molar-refractivity contribution in [3.63, 3.8) is 0 Å². The van der Waals surface area contributed by atoms with E-state index in [0.717, 1.165) is 11.1 Å². The minimum absolute atomic E-state index is 0.195. The van der Waals surface area contributed by atoms with Gasteiger partial charge in [0.2, 0.25) is 5.91 Å². The number of rotatable bonds is 11. The highest BCUT2D eigenvalue weighted by Gasteiger charge is 2.22. The van der Waals surface area contributed by atoms with Gasteiger partial charge in [0.1, 0.15) is 12.6 Å². The number of carbonyl (C=O) groups is 1. The molecule has 4 aromatic rings. The first-order valence-electron chi connectivity index (χ1n) is 12.4. The molecule has 8 nitrogen and oxygen atoms in total. The fourth-order valence-corrected chi connectivity index (χ4v) is 3.98. The van der Waals surface area contributed by atoms with Crippen LogP contribution >= 0.6 is 0 Å². The van der Waals surface area contributed by atoms with Gasteiger partial charge >= 0.3 is 0 Å². The van der Waals surface area contributed by atoms with Gasteiger partial charge in [-0.25, -0.2) is 0 Å². The lowest BCUT2D eigenvalue weighted by Gasteiger charge is -2.21. The summed E-state index contributed by atoms with van der Waals surface area (Å²) in [5.74, 6) is 0.361. The Morgan fingerprint density at radius 1 is 0.897 bits per heavy atom. The van der Waals surface area contributed by atoms with Crippen molar-refractivity contribution in [3.8, 4) is 29.1 Å². The zero-order valence-electron chi connectivity index (χ0n) is 21.4. The van der Waals surface area contributed by atoms with Crippen molar-refractivity contribution in [1.82, 2.24) is 5.32 Å².